The van der Waals surface area contributed by atoms with Gasteiger partial charge >= 0.3 is 0 Å². The van der Waals surface area contributed by atoms with E-state index in [1.54, 1.807) is 42.5 Å². The second kappa shape index (κ2) is 6.55. The molecule has 0 saturated carbocycles. The van der Waals surface area contributed by atoms with Crippen LogP contribution in [0.2, 0.25) is 5.02 Å². The van der Waals surface area contributed by atoms with Crippen molar-refractivity contribution in [3.63, 3.8) is 0 Å². The molecular weight excluding hydrogens is 372 g/mol. The lowest BCUT2D eigenvalue weighted by atomic mass is 10.1. The number of hydrogen-bond donors (Lipinski definition) is 0. The third-order valence-corrected chi connectivity index (χ3v) is 4.75. The number of rotatable bonds is 4. The zero-order chi connectivity index (χ0) is 19.1. The number of anilines is 2. The van der Waals surface area contributed by atoms with Crippen molar-refractivity contribution in [3.05, 3.63) is 47.5 Å². The molecule has 0 aromatic heterocycles. The SMILES string of the molecule is COc1ccc(N2C(=O)[C@H]3N=NN(c4ccc(Cl)cc4)[C@@H]3C2=O)cc1OC. The van der Waals surface area contributed by atoms with Gasteiger partial charge in [-0.2, -0.15) is 5.11 Å². The summed E-state index contributed by atoms with van der Waals surface area (Å²) in [6.07, 6.45) is 0. The van der Waals surface area contributed by atoms with Crippen molar-refractivity contribution >= 4 is 34.8 Å². The molecular formula is C18H15ClN4O4. The molecule has 27 heavy (non-hydrogen) atoms. The Morgan fingerprint density at radius 3 is 2.26 bits per heavy atom. The Balaban J connectivity index is 1.68. The molecule has 138 valence electrons. The van der Waals surface area contributed by atoms with Crippen molar-refractivity contribution in [3.8, 4) is 11.5 Å². The van der Waals surface area contributed by atoms with Gasteiger partial charge in [-0.3, -0.25) is 9.59 Å². The Kier molecular flexibility index (Phi) is 4.19. The van der Waals surface area contributed by atoms with Crippen LogP contribution in [-0.4, -0.2) is 38.1 Å². The first kappa shape index (κ1) is 17.3. The van der Waals surface area contributed by atoms with Crippen LogP contribution in [-0.2, 0) is 9.59 Å². The fourth-order valence-corrected chi connectivity index (χ4v) is 3.31. The van der Waals surface area contributed by atoms with Crippen LogP contribution in [0.5, 0.6) is 11.5 Å². The molecule has 9 heteroatoms. The normalized spacial score (nSPS) is 21.0. The van der Waals surface area contributed by atoms with Crippen LogP contribution >= 0.6 is 11.6 Å². The van der Waals surface area contributed by atoms with Crippen LogP contribution in [0.4, 0.5) is 11.4 Å². The minimum Gasteiger partial charge on any atom is -0.493 e. The fraction of sp³-hybridized carbons (Fsp3) is 0.222. The van der Waals surface area contributed by atoms with Gasteiger partial charge in [0, 0.05) is 11.1 Å². The van der Waals surface area contributed by atoms with Crippen molar-refractivity contribution in [2.24, 2.45) is 10.3 Å². The van der Waals surface area contributed by atoms with Crippen LogP contribution in [0.25, 0.3) is 0 Å². The predicted octanol–water partition coefficient (Wildman–Crippen LogP) is 2.86. The molecule has 8 nitrogen and oxygen atoms in total. The summed E-state index contributed by atoms with van der Waals surface area (Å²) in [6.45, 7) is 0. The molecule has 2 heterocycles. The average molecular weight is 387 g/mol. The molecule has 2 aromatic carbocycles. The Labute approximate surface area is 159 Å². The predicted molar refractivity (Wildman–Crippen MR) is 98.4 cm³/mol. The number of halogens is 1. The number of ether oxygens (including phenoxy) is 2. The van der Waals surface area contributed by atoms with E-state index in [2.05, 4.69) is 10.3 Å². The number of fused-ring (bicyclic) bond motifs is 1. The molecule has 0 radical (unpaired) electrons. The lowest BCUT2D eigenvalue weighted by molar-refractivity contribution is -0.121. The monoisotopic (exact) mass is 386 g/mol. The number of carbonyl (C=O) groups is 2. The number of amides is 2. The molecule has 2 aromatic rings. The molecule has 2 amide bonds. The van der Waals surface area contributed by atoms with E-state index in [1.165, 1.54) is 19.2 Å². The number of hydrogen-bond acceptors (Lipinski definition) is 7. The molecule has 1 saturated heterocycles. The molecule has 0 unspecified atom stereocenters. The van der Waals surface area contributed by atoms with E-state index in [4.69, 9.17) is 21.1 Å². The standard InChI is InChI=1S/C18H15ClN4O4/c1-26-13-8-7-12(9-14(13)27-2)22-17(24)15-16(18(22)25)23(21-20-15)11-5-3-10(19)4-6-11/h3-9,15-16H,1-2H3/t15-,16-/m0/s1. The number of methoxy groups -OCH3 is 2. The average Bonchev–Trinajstić information content (AvgIpc) is 3.22. The highest BCUT2D eigenvalue weighted by Gasteiger charge is 2.55. The smallest absolute Gasteiger partial charge is 0.263 e. The van der Waals surface area contributed by atoms with Crippen molar-refractivity contribution in [1.29, 1.82) is 0 Å². The minimum atomic E-state index is -0.888. The second-order valence-corrected chi connectivity index (χ2v) is 6.40. The van der Waals surface area contributed by atoms with E-state index in [-0.39, 0.29) is 0 Å². The first-order valence-electron chi connectivity index (χ1n) is 8.10. The Morgan fingerprint density at radius 1 is 0.926 bits per heavy atom. The number of imide groups is 1. The summed E-state index contributed by atoms with van der Waals surface area (Å²) >= 11 is 5.91. The Bertz CT molecular complexity index is 947. The lowest BCUT2D eigenvalue weighted by Gasteiger charge is -2.21. The molecule has 2 atom stereocenters. The highest BCUT2D eigenvalue weighted by atomic mass is 35.5. The van der Waals surface area contributed by atoms with Gasteiger partial charge in [-0.15, -0.1) is 0 Å². The van der Waals surface area contributed by atoms with Gasteiger partial charge in [0.2, 0.25) is 0 Å². The first-order valence-corrected chi connectivity index (χ1v) is 8.48. The van der Waals surface area contributed by atoms with Gasteiger partial charge in [0.05, 0.1) is 25.6 Å². The highest BCUT2D eigenvalue weighted by molar-refractivity contribution is 6.30. The lowest BCUT2D eigenvalue weighted by Crippen LogP contribution is -2.39. The molecule has 4 rings (SSSR count). The van der Waals surface area contributed by atoms with Gasteiger partial charge in [0.25, 0.3) is 11.8 Å². The number of nitrogens with zero attached hydrogens (tertiary/aromatic N) is 4. The maximum atomic E-state index is 13.0. The van der Waals surface area contributed by atoms with Gasteiger partial charge in [-0.05, 0) is 36.4 Å². The maximum absolute atomic E-state index is 13.0. The van der Waals surface area contributed by atoms with Crippen LogP contribution in [0.3, 0.4) is 0 Å². The van der Waals surface area contributed by atoms with E-state index in [9.17, 15) is 9.59 Å². The van der Waals surface area contributed by atoms with Gasteiger partial charge in [-0.1, -0.05) is 16.8 Å². The molecule has 0 N–H and O–H groups in total. The molecule has 2 aliphatic rings. The zero-order valence-corrected chi connectivity index (χ0v) is 15.3. The van der Waals surface area contributed by atoms with E-state index < -0.39 is 23.9 Å². The van der Waals surface area contributed by atoms with E-state index in [1.807, 2.05) is 0 Å². The van der Waals surface area contributed by atoms with Crippen molar-refractivity contribution in [2.45, 2.75) is 12.1 Å². The summed E-state index contributed by atoms with van der Waals surface area (Å²) in [5, 5.41) is 10.0. The van der Waals surface area contributed by atoms with Gasteiger partial charge in [0.15, 0.2) is 23.6 Å². The topological polar surface area (TPSA) is 83.8 Å². The summed E-state index contributed by atoms with van der Waals surface area (Å²) in [6, 6.07) is 9.96. The number of benzene rings is 2. The quantitative estimate of drug-likeness (QED) is 0.754. The Morgan fingerprint density at radius 2 is 1.59 bits per heavy atom. The molecule has 0 aliphatic carbocycles. The summed E-state index contributed by atoms with van der Waals surface area (Å²) in [7, 11) is 3.00. The van der Waals surface area contributed by atoms with Crippen LogP contribution in [0, 0.1) is 0 Å². The summed E-state index contributed by atoms with van der Waals surface area (Å²) in [5.74, 6) is 0.0847. The zero-order valence-electron chi connectivity index (χ0n) is 14.5. The Hall–Kier alpha value is -3.13. The number of carbonyl (C=O) groups excluding carboxylic acids is 2. The summed E-state index contributed by atoms with van der Waals surface area (Å²) in [4.78, 5) is 27.0. The third kappa shape index (κ3) is 2.69. The van der Waals surface area contributed by atoms with Crippen molar-refractivity contribution < 1.29 is 19.1 Å². The van der Waals surface area contributed by atoms with Gasteiger partial charge in [0.1, 0.15) is 0 Å². The summed E-state index contributed by atoms with van der Waals surface area (Å²) < 4.78 is 10.5. The fourth-order valence-electron chi connectivity index (χ4n) is 3.19. The van der Waals surface area contributed by atoms with E-state index >= 15 is 0 Å². The molecule has 0 bridgehead atoms. The van der Waals surface area contributed by atoms with Gasteiger partial charge in [-0.25, -0.2) is 9.91 Å². The van der Waals surface area contributed by atoms with Crippen molar-refractivity contribution in [1.82, 2.24) is 0 Å². The molecule has 2 aliphatic heterocycles. The van der Waals surface area contributed by atoms with Crippen molar-refractivity contribution in [2.75, 3.05) is 24.1 Å². The van der Waals surface area contributed by atoms with E-state index in [0.29, 0.717) is 27.9 Å². The third-order valence-electron chi connectivity index (χ3n) is 4.50. The van der Waals surface area contributed by atoms with Crippen LogP contribution in [0.15, 0.2) is 52.8 Å². The summed E-state index contributed by atoms with van der Waals surface area (Å²) in [5.41, 5.74) is 1.02. The second-order valence-electron chi connectivity index (χ2n) is 5.97. The highest BCUT2D eigenvalue weighted by Crippen LogP contribution is 2.38. The van der Waals surface area contributed by atoms with Gasteiger partial charge < -0.3 is 9.47 Å². The largest absolute Gasteiger partial charge is 0.493 e. The molecule has 1 fully saturated rings. The maximum Gasteiger partial charge on any atom is 0.263 e. The minimum absolute atomic E-state index is 0.392. The van der Waals surface area contributed by atoms with Crippen LogP contribution < -0.4 is 19.4 Å². The van der Waals surface area contributed by atoms with Crippen LogP contribution in [0.1, 0.15) is 0 Å². The molecule has 0 spiro atoms. The first-order chi connectivity index (χ1) is 13.0. The van der Waals surface area contributed by atoms with E-state index in [0.717, 1.165) is 4.90 Å².